The summed E-state index contributed by atoms with van der Waals surface area (Å²) in [5.41, 5.74) is 6.93. The van der Waals surface area contributed by atoms with Gasteiger partial charge >= 0.3 is 5.95 Å². The third-order valence-electron chi connectivity index (χ3n) is 3.00. The zero-order valence-electron chi connectivity index (χ0n) is 9.98. The second-order valence-electron chi connectivity index (χ2n) is 4.35. The van der Waals surface area contributed by atoms with E-state index >= 15 is 0 Å². The van der Waals surface area contributed by atoms with Gasteiger partial charge in [-0.05, 0) is 24.2 Å². The molecule has 96 valence electrons. The maximum atomic E-state index is 5.73. The Morgan fingerprint density at radius 1 is 1.56 bits per heavy atom. The Morgan fingerprint density at radius 3 is 3.33 bits per heavy atom. The molecule has 0 amide bonds. The summed E-state index contributed by atoms with van der Waals surface area (Å²) in [7, 11) is 0. The summed E-state index contributed by atoms with van der Waals surface area (Å²) in [4.78, 5) is 14.0. The van der Waals surface area contributed by atoms with Gasteiger partial charge in [-0.25, -0.2) is 9.97 Å². The number of anilines is 1. The van der Waals surface area contributed by atoms with E-state index in [2.05, 4.69) is 19.9 Å². The van der Waals surface area contributed by atoms with E-state index < -0.39 is 0 Å². The van der Waals surface area contributed by atoms with E-state index in [9.17, 15) is 0 Å². The van der Waals surface area contributed by atoms with Gasteiger partial charge in [-0.1, -0.05) is 0 Å². The molecule has 7 heteroatoms. The van der Waals surface area contributed by atoms with Gasteiger partial charge in [0.1, 0.15) is 6.61 Å². The maximum Gasteiger partial charge on any atom is 0.392 e. The third-order valence-corrected chi connectivity index (χ3v) is 3.00. The number of fused-ring (bicyclic) bond motifs is 1. The Hall–Kier alpha value is -1.89. The van der Waals surface area contributed by atoms with Crippen LogP contribution >= 0.6 is 0 Å². The number of imidazole rings is 1. The highest BCUT2D eigenvalue weighted by Gasteiger charge is 2.18. The molecule has 0 saturated carbocycles. The van der Waals surface area contributed by atoms with Gasteiger partial charge in [-0.3, -0.25) is 5.73 Å². The van der Waals surface area contributed by atoms with E-state index in [1.54, 1.807) is 6.33 Å². The van der Waals surface area contributed by atoms with Crippen LogP contribution in [0.25, 0.3) is 11.2 Å². The van der Waals surface area contributed by atoms with E-state index in [-0.39, 0.29) is 12.1 Å². The molecule has 1 atom stereocenters. The summed E-state index contributed by atoms with van der Waals surface area (Å²) in [6.07, 6.45) is 5.08. The van der Waals surface area contributed by atoms with E-state index in [1.807, 2.05) is 0 Å². The Bertz CT molecular complexity index is 535. The van der Waals surface area contributed by atoms with Crippen molar-refractivity contribution in [1.29, 1.82) is 0 Å². The van der Waals surface area contributed by atoms with E-state index in [0.717, 1.165) is 25.0 Å². The highest BCUT2D eigenvalue weighted by molar-refractivity contribution is 5.74. The summed E-state index contributed by atoms with van der Waals surface area (Å²) in [5, 5.41) is 0. The lowest BCUT2D eigenvalue weighted by molar-refractivity contribution is -0.380. The Balaban J connectivity index is 1.75. The summed E-state index contributed by atoms with van der Waals surface area (Å²) < 4.78 is 11.3. The normalized spacial score (nSPS) is 20.1. The highest BCUT2D eigenvalue weighted by Crippen LogP contribution is 2.18. The molecule has 0 bridgehead atoms. The second-order valence-corrected chi connectivity index (χ2v) is 4.35. The third kappa shape index (κ3) is 2.21. The van der Waals surface area contributed by atoms with Crippen molar-refractivity contribution in [2.45, 2.75) is 25.4 Å². The number of hydrogen-bond acceptors (Lipinski definition) is 5. The Labute approximate surface area is 104 Å². The van der Waals surface area contributed by atoms with Crippen LogP contribution in [-0.2, 0) is 4.74 Å². The summed E-state index contributed by atoms with van der Waals surface area (Å²) >= 11 is 0. The number of nitrogens with two attached hydrogens (primary N) is 1. The highest BCUT2D eigenvalue weighted by atomic mass is 16.5. The molecule has 0 aromatic carbocycles. The van der Waals surface area contributed by atoms with Crippen LogP contribution < -0.4 is 15.5 Å². The number of hydrogen-bond donors (Lipinski definition) is 2. The van der Waals surface area contributed by atoms with Crippen molar-refractivity contribution < 1.29 is 14.5 Å². The van der Waals surface area contributed by atoms with Gasteiger partial charge in [0.05, 0.1) is 12.4 Å². The molecule has 1 fully saturated rings. The number of H-pyrrole nitrogens is 2. The zero-order chi connectivity index (χ0) is 12.4. The molecule has 18 heavy (non-hydrogen) atoms. The van der Waals surface area contributed by atoms with Crippen molar-refractivity contribution in [3.05, 3.63) is 6.33 Å². The lowest BCUT2D eigenvalue weighted by atomic mass is 10.1. The van der Waals surface area contributed by atoms with Crippen LogP contribution in [0.4, 0.5) is 5.95 Å². The first-order valence-corrected chi connectivity index (χ1v) is 6.09. The minimum atomic E-state index is 0.152. The smallest absolute Gasteiger partial charge is 0.392 e. The first-order valence-electron chi connectivity index (χ1n) is 6.09. The molecule has 1 unspecified atom stereocenters. The average Bonchev–Trinajstić information content (AvgIpc) is 2.85. The van der Waals surface area contributed by atoms with Crippen LogP contribution in [0, 0.1) is 0 Å². The van der Waals surface area contributed by atoms with Crippen LogP contribution in [0.2, 0.25) is 0 Å². The van der Waals surface area contributed by atoms with Crippen molar-refractivity contribution in [2.24, 2.45) is 0 Å². The molecule has 3 rings (SSSR count). The molecular formula is C11H16N5O2+. The molecule has 2 aromatic heterocycles. The molecule has 1 aliphatic rings. The van der Waals surface area contributed by atoms with Crippen molar-refractivity contribution in [3.63, 3.8) is 0 Å². The van der Waals surface area contributed by atoms with Gasteiger partial charge in [-0.15, -0.1) is 0 Å². The molecule has 0 aliphatic carbocycles. The molecule has 3 heterocycles. The van der Waals surface area contributed by atoms with Gasteiger partial charge in [0.15, 0.2) is 5.52 Å². The van der Waals surface area contributed by atoms with Crippen molar-refractivity contribution >= 4 is 17.1 Å². The van der Waals surface area contributed by atoms with Gasteiger partial charge in [-0.2, -0.15) is 0 Å². The minimum absolute atomic E-state index is 0.152. The number of aromatic nitrogens is 4. The van der Waals surface area contributed by atoms with Crippen LogP contribution in [0.5, 0.6) is 5.88 Å². The molecule has 7 nitrogen and oxygen atoms in total. The molecule has 1 aliphatic heterocycles. The van der Waals surface area contributed by atoms with Crippen molar-refractivity contribution in [1.82, 2.24) is 15.0 Å². The topological polar surface area (TPSA) is 100 Å². The second kappa shape index (κ2) is 4.77. The molecule has 2 aromatic rings. The van der Waals surface area contributed by atoms with E-state index in [0.29, 0.717) is 18.1 Å². The predicted octanol–water partition coefficient (Wildman–Crippen LogP) is 0.302. The van der Waals surface area contributed by atoms with Gasteiger partial charge in [0, 0.05) is 6.61 Å². The molecule has 4 N–H and O–H groups in total. The molecular weight excluding hydrogens is 234 g/mol. The number of nitrogens with one attached hydrogen (secondary N) is 2. The Kier molecular flexibility index (Phi) is 2.97. The van der Waals surface area contributed by atoms with Gasteiger partial charge in [0.25, 0.3) is 11.5 Å². The van der Waals surface area contributed by atoms with Crippen LogP contribution in [0.15, 0.2) is 6.33 Å². The quantitative estimate of drug-likeness (QED) is 0.816. The standard InChI is InChI=1S/C11H15N5O2/c12-11-15-9-8(13-6-14-9)10(16-11)18-5-7-3-1-2-4-17-7/h6-7H,1-5H2,(H3,12,13,14,15,16)/p+1. The largest absolute Gasteiger partial charge is 0.464 e. The van der Waals surface area contributed by atoms with Crippen molar-refractivity contribution in [2.75, 3.05) is 18.9 Å². The first-order chi connectivity index (χ1) is 8.83. The molecule has 0 spiro atoms. The van der Waals surface area contributed by atoms with E-state index in [1.165, 1.54) is 6.42 Å². The van der Waals surface area contributed by atoms with Gasteiger partial charge in [0.2, 0.25) is 0 Å². The number of aromatic amines is 2. The molecule has 1 saturated heterocycles. The van der Waals surface area contributed by atoms with Gasteiger partial charge < -0.3 is 14.5 Å². The lowest BCUT2D eigenvalue weighted by Crippen LogP contribution is -2.28. The maximum absolute atomic E-state index is 5.73. The summed E-state index contributed by atoms with van der Waals surface area (Å²) in [6, 6.07) is 0. The molecule has 0 radical (unpaired) electrons. The number of nitrogen functional groups attached to an aromatic ring is 1. The van der Waals surface area contributed by atoms with Crippen LogP contribution in [-0.4, -0.2) is 34.3 Å². The van der Waals surface area contributed by atoms with Crippen LogP contribution in [0.3, 0.4) is 0 Å². The van der Waals surface area contributed by atoms with Crippen molar-refractivity contribution in [3.8, 4) is 5.88 Å². The predicted molar refractivity (Wildman–Crippen MR) is 63.9 cm³/mol. The first kappa shape index (κ1) is 11.2. The van der Waals surface area contributed by atoms with E-state index in [4.69, 9.17) is 15.2 Å². The fourth-order valence-electron chi connectivity index (χ4n) is 2.08. The fraction of sp³-hybridized carbons (Fsp3) is 0.545. The number of nitrogens with zero attached hydrogens (tertiary/aromatic N) is 2. The lowest BCUT2D eigenvalue weighted by Gasteiger charge is -2.22. The Morgan fingerprint density at radius 2 is 2.50 bits per heavy atom. The van der Waals surface area contributed by atoms with Crippen LogP contribution in [0.1, 0.15) is 19.3 Å². The summed E-state index contributed by atoms with van der Waals surface area (Å²) in [6.45, 7) is 1.32. The zero-order valence-corrected chi connectivity index (χ0v) is 9.98. The summed E-state index contributed by atoms with van der Waals surface area (Å²) in [5.74, 6) is 0.846. The minimum Gasteiger partial charge on any atom is -0.464 e. The fourth-order valence-corrected chi connectivity index (χ4v) is 2.08. The number of ether oxygens (including phenoxy) is 2. The number of rotatable bonds is 3. The monoisotopic (exact) mass is 250 g/mol. The SMILES string of the molecule is Nc1nc2nc[nH]c2c(OCC2CCCCO2)[nH+]1. The average molecular weight is 250 g/mol.